The molecule has 5 nitrogen and oxygen atoms in total. The van der Waals surface area contributed by atoms with Gasteiger partial charge in [0.15, 0.2) is 0 Å². The van der Waals surface area contributed by atoms with Gasteiger partial charge in [0.25, 0.3) is 0 Å². The van der Waals surface area contributed by atoms with Gasteiger partial charge in [0.1, 0.15) is 0 Å². The molecular weight excluding hydrogens is 252 g/mol. The van der Waals surface area contributed by atoms with E-state index in [0.717, 1.165) is 31.2 Å². The van der Waals surface area contributed by atoms with Crippen LogP contribution in [-0.2, 0) is 11.3 Å². The Morgan fingerprint density at radius 3 is 2.65 bits per heavy atom. The molecule has 1 atom stereocenters. The van der Waals surface area contributed by atoms with Gasteiger partial charge < -0.3 is 19.5 Å². The van der Waals surface area contributed by atoms with Crippen LogP contribution in [0.4, 0.5) is 5.95 Å². The fourth-order valence-electron chi connectivity index (χ4n) is 2.39. The summed E-state index contributed by atoms with van der Waals surface area (Å²) in [5, 5.41) is 3.59. The summed E-state index contributed by atoms with van der Waals surface area (Å²) in [7, 11) is 5.94. The molecule has 1 rings (SSSR count). The van der Waals surface area contributed by atoms with Crippen LogP contribution < -0.4 is 5.32 Å². The lowest BCUT2D eigenvalue weighted by atomic mass is 10.0. The SMILES string of the molecule is COCCn1cc(C)nc1NC(CC(C)C)CN(C)C. The average Bonchev–Trinajstić information content (AvgIpc) is 2.65. The van der Waals surface area contributed by atoms with Crippen LogP contribution in [0.1, 0.15) is 26.0 Å². The molecule has 1 N–H and O–H groups in total. The predicted molar refractivity (Wildman–Crippen MR) is 84.3 cm³/mol. The van der Waals surface area contributed by atoms with E-state index in [1.165, 1.54) is 0 Å². The van der Waals surface area contributed by atoms with E-state index in [-0.39, 0.29) is 0 Å². The Balaban J connectivity index is 2.75. The number of anilines is 1. The monoisotopic (exact) mass is 282 g/mol. The van der Waals surface area contributed by atoms with Crippen LogP contribution in [0.25, 0.3) is 0 Å². The van der Waals surface area contributed by atoms with Gasteiger partial charge in [-0.15, -0.1) is 0 Å². The first kappa shape index (κ1) is 17.0. The molecule has 5 heteroatoms. The number of ether oxygens (including phenoxy) is 1. The first-order chi connectivity index (χ1) is 9.42. The molecule has 0 saturated carbocycles. The second-order valence-corrected chi connectivity index (χ2v) is 6.13. The minimum Gasteiger partial charge on any atom is -0.383 e. The number of hydrogen-bond donors (Lipinski definition) is 1. The van der Waals surface area contributed by atoms with Gasteiger partial charge in [-0.3, -0.25) is 0 Å². The number of hydrogen-bond acceptors (Lipinski definition) is 4. The summed E-state index contributed by atoms with van der Waals surface area (Å²) in [4.78, 5) is 6.81. The summed E-state index contributed by atoms with van der Waals surface area (Å²) in [6.45, 7) is 9.08. The van der Waals surface area contributed by atoms with E-state index in [4.69, 9.17) is 4.74 Å². The number of aryl methyl sites for hydroxylation is 1. The van der Waals surface area contributed by atoms with E-state index in [2.05, 4.69) is 53.9 Å². The van der Waals surface area contributed by atoms with E-state index in [1.54, 1.807) is 7.11 Å². The Labute approximate surface area is 123 Å². The van der Waals surface area contributed by atoms with Gasteiger partial charge in [-0.05, 0) is 33.4 Å². The second kappa shape index (κ2) is 8.27. The largest absolute Gasteiger partial charge is 0.383 e. The summed E-state index contributed by atoms with van der Waals surface area (Å²) in [5.74, 6) is 1.61. The molecule has 1 aromatic rings. The smallest absolute Gasteiger partial charge is 0.203 e. The zero-order valence-electron chi connectivity index (χ0n) is 13.8. The number of methoxy groups -OCH3 is 1. The Hall–Kier alpha value is -1.07. The first-order valence-corrected chi connectivity index (χ1v) is 7.36. The molecule has 1 heterocycles. The molecule has 0 amide bonds. The Morgan fingerprint density at radius 1 is 1.40 bits per heavy atom. The molecule has 1 unspecified atom stereocenters. The van der Waals surface area contributed by atoms with Gasteiger partial charge >= 0.3 is 0 Å². The third-order valence-electron chi connectivity index (χ3n) is 3.11. The van der Waals surface area contributed by atoms with Crippen molar-refractivity contribution in [3.05, 3.63) is 11.9 Å². The number of likely N-dealkylation sites (N-methyl/N-ethyl adjacent to an activating group) is 1. The zero-order chi connectivity index (χ0) is 15.1. The summed E-state index contributed by atoms with van der Waals surface area (Å²) in [6, 6.07) is 0.410. The molecule has 0 aromatic carbocycles. The van der Waals surface area contributed by atoms with Crippen LogP contribution in [0, 0.1) is 12.8 Å². The van der Waals surface area contributed by atoms with E-state index in [9.17, 15) is 0 Å². The quantitative estimate of drug-likeness (QED) is 0.754. The van der Waals surface area contributed by atoms with Crippen LogP contribution in [-0.4, -0.2) is 54.8 Å². The van der Waals surface area contributed by atoms with Gasteiger partial charge in [-0.2, -0.15) is 0 Å². The summed E-state index contributed by atoms with van der Waals surface area (Å²) in [5.41, 5.74) is 1.04. The highest BCUT2D eigenvalue weighted by atomic mass is 16.5. The maximum absolute atomic E-state index is 5.16. The van der Waals surface area contributed by atoms with Crippen molar-refractivity contribution in [2.75, 3.05) is 39.7 Å². The summed E-state index contributed by atoms with van der Waals surface area (Å²) in [6.07, 6.45) is 3.21. The van der Waals surface area contributed by atoms with E-state index < -0.39 is 0 Å². The van der Waals surface area contributed by atoms with Gasteiger partial charge in [-0.25, -0.2) is 4.98 Å². The fraction of sp³-hybridized carbons (Fsp3) is 0.800. The molecule has 116 valence electrons. The second-order valence-electron chi connectivity index (χ2n) is 6.13. The van der Waals surface area contributed by atoms with E-state index >= 15 is 0 Å². The molecule has 0 aliphatic rings. The van der Waals surface area contributed by atoms with Gasteiger partial charge in [0.05, 0.1) is 12.3 Å². The molecule has 0 spiro atoms. The van der Waals surface area contributed by atoms with Crippen molar-refractivity contribution >= 4 is 5.95 Å². The Bertz CT molecular complexity index is 377. The molecule has 0 bridgehead atoms. The minimum absolute atomic E-state index is 0.410. The number of aromatic nitrogens is 2. The standard InChI is InChI=1S/C15H30N4O/c1-12(2)9-14(11-18(4)5)17-15-16-13(3)10-19(15)7-8-20-6/h10,12,14H,7-9,11H2,1-6H3,(H,16,17). The highest BCUT2D eigenvalue weighted by Gasteiger charge is 2.15. The molecular formula is C15H30N4O. The summed E-state index contributed by atoms with van der Waals surface area (Å²) >= 11 is 0. The maximum atomic E-state index is 5.16. The number of rotatable bonds is 9. The van der Waals surface area contributed by atoms with Gasteiger partial charge in [-0.1, -0.05) is 13.8 Å². The van der Waals surface area contributed by atoms with Crippen LogP contribution in [0.2, 0.25) is 0 Å². The summed E-state index contributed by atoms with van der Waals surface area (Å²) < 4.78 is 7.30. The van der Waals surface area contributed by atoms with Crippen LogP contribution >= 0.6 is 0 Å². The van der Waals surface area contributed by atoms with Gasteiger partial charge in [0.2, 0.25) is 5.95 Å². The fourth-order valence-corrected chi connectivity index (χ4v) is 2.39. The average molecular weight is 282 g/mol. The van der Waals surface area contributed by atoms with Crippen LogP contribution in [0.3, 0.4) is 0 Å². The van der Waals surface area contributed by atoms with Crippen molar-refractivity contribution in [3.8, 4) is 0 Å². The third-order valence-corrected chi connectivity index (χ3v) is 3.11. The normalized spacial score (nSPS) is 13.2. The Morgan fingerprint density at radius 2 is 2.10 bits per heavy atom. The van der Waals surface area contributed by atoms with Crippen molar-refractivity contribution < 1.29 is 4.74 Å². The maximum Gasteiger partial charge on any atom is 0.203 e. The molecule has 20 heavy (non-hydrogen) atoms. The molecule has 1 aromatic heterocycles. The predicted octanol–water partition coefficient (Wildman–Crippen LogP) is 2.23. The lowest BCUT2D eigenvalue weighted by Gasteiger charge is -2.24. The van der Waals surface area contributed by atoms with Gasteiger partial charge in [0, 0.05) is 32.4 Å². The first-order valence-electron chi connectivity index (χ1n) is 7.36. The number of nitrogens with one attached hydrogen (secondary N) is 1. The number of imidazole rings is 1. The molecule has 0 aliphatic heterocycles. The van der Waals surface area contributed by atoms with E-state index in [0.29, 0.717) is 18.6 Å². The minimum atomic E-state index is 0.410. The lowest BCUT2D eigenvalue weighted by molar-refractivity contribution is 0.187. The molecule has 0 aliphatic carbocycles. The van der Waals surface area contributed by atoms with Crippen molar-refractivity contribution in [2.24, 2.45) is 5.92 Å². The van der Waals surface area contributed by atoms with Crippen LogP contribution in [0.5, 0.6) is 0 Å². The molecule has 0 radical (unpaired) electrons. The molecule has 0 fully saturated rings. The highest BCUT2D eigenvalue weighted by Crippen LogP contribution is 2.14. The van der Waals surface area contributed by atoms with Crippen LogP contribution in [0.15, 0.2) is 6.20 Å². The Kier molecular flexibility index (Phi) is 7.02. The lowest BCUT2D eigenvalue weighted by Crippen LogP contribution is -2.34. The topological polar surface area (TPSA) is 42.3 Å². The van der Waals surface area contributed by atoms with Crippen molar-refractivity contribution in [1.29, 1.82) is 0 Å². The molecule has 0 saturated heterocycles. The highest BCUT2D eigenvalue weighted by molar-refractivity contribution is 5.30. The van der Waals surface area contributed by atoms with Crippen molar-refractivity contribution in [3.63, 3.8) is 0 Å². The third kappa shape index (κ3) is 5.92. The van der Waals surface area contributed by atoms with Crippen molar-refractivity contribution in [2.45, 2.75) is 39.8 Å². The van der Waals surface area contributed by atoms with E-state index in [1.807, 2.05) is 6.92 Å². The number of nitrogens with zero attached hydrogens (tertiary/aromatic N) is 3. The van der Waals surface area contributed by atoms with Crippen molar-refractivity contribution in [1.82, 2.24) is 14.5 Å². The zero-order valence-corrected chi connectivity index (χ0v) is 13.8.